The van der Waals surface area contributed by atoms with Crippen molar-refractivity contribution in [2.45, 2.75) is 39.7 Å². The molecule has 0 aromatic heterocycles. The fourth-order valence-electron chi connectivity index (χ4n) is 1.58. The molecule has 0 fully saturated rings. The molecule has 0 saturated carbocycles. The second-order valence-electron chi connectivity index (χ2n) is 3.59. The zero-order chi connectivity index (χ0) is 11.1. The summed E-state index contributed by atoms with van der Waals surface area (Å²) in [6.07, 6.45) is 2.27. The van der Waals surface area contributed by atoms with Gasteiger partial charge in [-0.1, -0.05) is 26.0 Å². The standard InChI is InChI=1S/C13H21NO/c1-4-11(5-2)14-12-9-7-8-10-13(12)15-6-3/h7-11,14H,4-6H2,1-3H3. The van der Waals surface area contributed by atoms with Crippen molar-refractivity contribution in [2.24, 2.45) is 0 Å². The Labute approximate surface area is 92.6 Å². The monoisotopic (exact) mass is 207 g/mol. The molecule has 0 unspecified atom stereocenters. The molecule has 84 valence electrons. The van der Waals surface area contributed by atoms with Gasteiger partial charge in [-0.25, -0.2) is 0 Å². The Morgan fingerprint density at radius 1 is 1.13 bits per heavy atom. The largest absolute Gasteiger partial charge is 0.492 e. The quantitative estimate of drug-likeness (QED) is 0.768. The summed E-state index contributed by atoms with van der Waals surface area (Å²) in [5.74, 6) is 0.951. The van der Waals surface area contributed by atoms with E-state index in [9.17, 15) is 0 Å². The van der Waals surface area contributed by atoms with Gasteiger partial charge in [0.05, 0.1) is 12.3 Å². The van der Waals surface area contributed by atoms with Gasteiger partial charge in [-0.05, 0) is 31.9 Å². The first-order valence-electron chi connectivity index (χ1n) is 5.80. The van der Waals surface area contributed by atoms with Gasteiger partial charge in [-0.3, -0.25) is 0 Å². The first-order chi connectivity index (χ1) is 7.31. The highest BCUT2D eigenvalue weighted by molar-refractivity contribution is 5.56. The number of nitrogens with one attached hydrogen (secondary N) is 1. The Morgan fingerprint density at radius 2 is 1.80 bits per heavy atom. The fourth-order valence-corrected chi connectivity index (χ4v) is 1.58. The Bertz CT molecular complexity index is 282. The van der Waals surface area contributed by atoms with E-state index in [4.69, 9.17) is 4.74 Å². The second-order valence-corrected chi connectivity index (χ2v) is 3.59. The predicted octanol–water partition coefficient (Wildman–Crippen LogP) is 3.69. The highest BCUT2D eigenvalue weighted by Crippen LogP contribution is 2.25. The molecule has 0 aliphatic rings. The molecule has 1 N–H and O–H groups in total. The van der Waals surface area contributed by atoms with E-state index in [1.54, 1.807) is 0 Å². The van der Waals surface area contributed by atoms with E-state index in [-0.39, 0.29) is 0 Å². The zero-order valence-corrected chi connectivity index (χ0v) is 9.92. The minimum atomic E-state index is 0.534. The lowest BCUT2D eigenvalue weighted by Gasteiger charge is -2.18. The number of rotatable bonds is 6. The van der Waals surface area contributed by atoms with Crippen LogP contribution in [-0.4, -0.2) is 12.6 Å². The topological polar surface area (TPSA) is 21.3 Å². The van der Waals surface area contributed by atoms with Crippen LogP contribution in [0.2, 0.25) is 0 Å². The van der Waals surface area contributed by atoms with Crippen molar-refractivity contribution < 1.29 is 4.74 Å². The van der Waals surface area contributed by atoms with Crippen LogP contribution in [0.3, 0.4) is 0 Å². The summed E-state index contributed by atoms with van der Waals surface area (Å²) in [6.45, 7) is 7.12. The van der Waals surface area contributed by atoms with Gasteiger partial charge in [0.2, 0.25) is 0 Å². The van der Waals surface area contributed by atoms with Crippen LogP contribution in [0.5, 0.6) is 5.75 Å². The molecule has 1 aromatic rings. The molecule has 2 nitrogen and oxygen atoms in total. The van der Waals surface area contributed by atoms with Crippen molar-refractivity contribution >= 4 is 5.69 Å². The lowest BCUT2D eigenvalue weighted by Crippen LogP contribution is -2.17. The molecule has 15 heavy (non-hydrogen) atoms. The SMILES string of the molecule is CCOc1ccccc1NC(CC)CC. The number of anilines is 1. The third-order valence-electron chi connectivity index (χ3n) is 2.53. The first kappa shape index (κ1) is 11.9. The Balaban J connectivity index is 2.73. The summed E-state index contributed by atoms with van der Waals surface area (Å²) in [5, 5.41) is 3.51. The molecular weight excluding hydrogens is 186 g/mol. The summed E-state index contributed by atoms with van der Waals surface area (Å²) in [6, 6.07) is 8.65. The second kappa shape index (κ2) is 6.33. The van der Waals surface area contributed by atoms with Crippen LogP contribution >= 0.6 is 0 Å². The van der Waals surface area contributed by atoms with Crippen molar-refractivity contribution in [3.63, 3.8) is 0 Å². The van der Waals surface area contributed by atoms with Crippen LogP contribution in [0.4, 0.5) is 5.69 Å². The molecule has 0 radical (unpaired) electrons. The predicted molar refractivity (Wildman–Crippen MR) is 65.6 cm³/mol. The van der Waals surface area contributed by atoms with Crippen LogP contribution in [0.15, 0.2) is 24.3 Å². The average molecular weight is 207 g/mol. The van der Waals surface area contributed by atoms with Gasteiger partial charge in [0.1, 0.15) is 5.75 Å². The van der Waals surface area contributed by atoms with Gasteiger partial charge >= 0.3 is 0 Å². The summed E-state index contributed by atoms with van der Waals surface area (Å²) < 4.78 is 5.56. The van der Waals surface area contributed by atoms with Crippen molar-refractivity contribution in [3.8, 4) is 5.75 Å². The molecule has 0 bridgehead atoms. The minimum Gasteiger partial charge on any atom is -0.492 e. The van der Waals surface area contributed by atoms with Gasteiger partial charge in [0.15, 0.2) is 0 Å². The van der Waals surface area contributed by atoms with Crippen LogP contribution in [0.25, 0.3) is 0 Å². The summed E-state index contributed by atoms with van der Waals surface area (Å²) in [7, 11) is 0. The van der Waals surface area contributed by atoms with Gasteiger partial charge < -0.3 is 10.1 Å². The molecule has 1 aromatic carbocycles. The summed E-state index contributed by atoms with van der Waals surface area (Å²) in [4.78, 5) is 0. The molecule has 1 rings (SSSR count). The lowest BCUT2D eigenvalue weighted by atomic mass is 10.1. The van der Waals surface area contributed by atoms with Crippen molar-refractivity contribution in [1.82, 2.24) is 0 Å². The van der Waals surface area contributed by atoms with Crippen LogP contribution < -0.4 is 10.1 Å². The van der Waals surface area contributed by atoms with Crippen LogP contribution in [-0.2, 0) is 0 Å². The van der Waals surface area contributed by atoms with Gasteiger partial charge in [0, 0.05) is 6.04 Å². The molecule has 0 heterocycles. The molecular formula is C13H21NO. The van der Waals surface area contributed by atoms with E-state index in [2.05, 4.69) is 25.2 Å². The number of para-hydroxylation sites is 2. The van der Waals surface area contributed by atoms with Crippen LogP contribution in [0, 0.1) is 0 Å². The minimum absolute atomic E-state index is 0.534. The van der Waals surface area contributed by atoms with Gasteiger partial charge in [-0.15, -0.1) is 0 Å². The van der Waals surface area contributed by atoms with Crippen molar-refractivity contribution in [1.29, 1.82) is 0 Å². The Morgan fingerprint density at radius 3 is 2.40 bits per heavy atom. The molecule has 0 aliphatic heterocycles. The normalized spacial score (nSPS) is 10.4. The van der Waals surface area contributed by atoms with E-state index in [1.165, 1.54) is 0 Å². The third-order valence-corrected chi connectivity index (χ3v) is 2.53. The maximum atomic E-state index is 5.56. The lowest BCUT2D eigenvalue weighted by molar-refractivity contribution is 0.341. The number of hydrogen-bond acceptors (Lipinski definition) is 2. The third kappa shape index (κ3) is 3.46. The van der Waals surface area contributed by atoms with E-state index < -0.39 is 0 Å². The molecule has 0 amide bonds. The Hall–Kier alpha value is -1.18. The average Bonchev–Trinajstić information content (AvgIpc) is 2.28. The maximum Gasteiger partial charge on any atom is 0.142 e. The van der Waals surface area contributed by atoms with Crippen LogP contribution in [0.1, 0.15) is 33.6 Å². The number of ether oxygens (including phenoxy) is 1. The van der Waals surface area contributed by atoms with E-state index in [0.29, 0.717) is 12.6 Å². The molecule has 0 aliphatic carbocycles. The smallest absolute Gasteiger partial charge is 0.142 e. The zero-order valence-electron chi connectivity index (χ0n) is 9.92. The van der Waals surface area contributed by atoms with E-state index in [1.807, 2.05) is 25.1 Å². The number of benzene rings is 1. The summed E-state index contributed by atoms with van der Waals surface area (Å²) in [5.41, 5.74) is 1.10. The van der Waals surface area contributed by atoms with Crippen molar-refractivity contribution in [3.05, 3.63) is 24.3 Å². The fraction of sp³-hybridized carbons (Fsp3) is 0.538. The molecule has 2 heteroatoms. The van der Waals surface area contributed by atoms with E-state index in [0.717, 1.165) is 24.3 Å². The van der Waals surface area contributed by atoms with Crippen molar-refractivity contribution in [2.75, 3.05) is 11.9 Å². The van der Waals surface area contributed by atoms with Gasteiger partial charge in [0.25, 0.3) is 0 Å². The highest BCUT2D eigenvalue weighted by atomic mass is 16.5. The van der Waals surface area contributed by atoms with E-state index >= 15 is 0 Å². The molecule has 0 atom stereocenters. The molecule has 0 spiro atoms. The summed E-state index contributed by atoms with van der Waals surface area (Å²) >= 11 is 0. The number of hydrogen-bond donors (Lipinski definition) is 1. The van der Waals surface area contributed by atoms with Gasteiger partial charge in [-0.2, -0.15) is 0 Å². The maximum absolute atomic E-state index is 5.56. The molecule has 0 saturated heterocycles. The first-order valence-corrected chi connectivity index (χ1v) is 5.80. The highest BCUT2D eigenvalue weighted by Gasteiger charge is 2.06. The Kier molecular flexibility index (Phi) is 5.02.